The maximum absolute atomic E-state index is 5.59. The number of ether oxygens (including phenoxy) is 1. The molecule has 1 aromatic rings. The molecule has 0 aliphatic carbocycles. The molecule has 0 N–H and O–H groups in total. The van der Waals surface area contributed by atoms with E-state index < -0.39 is 0 Å². The number of rotatable bonds is 4. The highest BCUT2D eigenvalue weighted by Gasteiger charge is 2.06. The molecular weight excluding hydrogens is 226 g/mol. The number of nitrogens with zero attached hydrogens (tertiary/aromatic N) is 3. The van der Waals surface area contributed by atoms with E-state index in [1.807, 2.05) is 63.1 Å². The van der Waals surface area contributed by atoms with Gasteiger partial charge in [0.05, 0.1) is 13.2 Å². The minimum atomic E-state index is 0.627. The molecule has 4 heteroatoms. The second-order valence-electron chi connectivity index (χ2n) is 4.45. The number of guanidine groups is 1. The lowest BCUT2D eigenvalue weighted by Crippen LogP contribution is -2.35. The third kappa shape index (κ3) is 3.95. The molecule has 0 unspecified atom stereocenters. The van der Waals surface area contributed by atoms with Crippen molar-refractivity contribution in [2.75, 3.05) is 34.8 Å². The lowest BCUT2D eigenvalue weighted by atomic mass is 10.2. The summed E-state index contributed by atoms with van der Waals surface area (Å²) in [4.78, 5) is 8.63. The van der Waals surface area contributed by atoms with Crippen LogP contribution in [-0.2, 0) is 6.54 Å². The van der Waals surface area contributed by atoms with Crippen LogP contribution < -0.4 is 4.74 Å². The van der Waals surface area contributed by atoms with Crippen molar-refractivity contribution in [2.45, 2.75) is 13.5 Å². The van der Waals surface area contributed by atoms with Crippen molar-refractivity contribution in [3.63, 3.8) is 0 Å². The zero-order chi connectivity index (χ0) is 13.5. The second kappa shape index (κ2) is 6.89. The molecular formula is C14H23N3O. The molecule has 0 atom stereocenters. The fourth-order valence-corrected chi connectivity index (χ4v) is 1.77. The standard InChI is InChI=1S/C14H23N3O/c1-6-18-13-10-8-7-9-12(13)11-15-14(16(2)3)17(4)5/h7-10H,6,11H2,1-5H3. The van der Waals surface area contributed by atoms with Crippen LogP contribution >= 0.6 is 0 Å². The predicted octanol–water partition coefficient (Wildman–Crippen LogP) is 2.06. The van der Waals surface area contributed by atoms with Gasteiger partial charge in [-0.05, 0) is 13.0 Å². The van der Waals surface area contributed by atoms with Gasteiger partial charge < -0.3 is 14.5 Å². The van der Waals surface area contributed by atoms with E-state index in [-0.39, 0.29) is 0 Å². The van der Waals surface area contributed by atoms with Crippen LogP contribution in [0.25, 0.3) is 0 Å². The molecule has 0 aliphatic heterocycles. The maximum atomic E-state index is 5.59. The van der Waals surface area contributed by atoms with Crippen molar-refractivity contribution < 1.29 is 4.74 Å². The van der Waals surface area contributed by atoms with Gasteiger partial charge in [0.2, 0.25) is 0 Å². The van der Waals surface area contributed by atoms with Crippen molar-refractivity contribution >= 4 is 5.96 Å². The quantitative estimate of drug-likeness (QED) is 0.604. The first-order valence-electron chi connectivity index (χ1n) is 6.16. The highest BCUT2D eigenvalue weighted by Crippen LogP contribution is 2.18. The second-order valence-corrected chi connectivity index (χ2v) is 4.45. The number of aliphatic imine (C=N–C) groups is 1. The third-order valence-corrected chi connectivity index (χ3v) is 2.46. The molecule has 0 bridgehead atoms. The number of hydrogen-bond acceptors (Lipinski definition) is 2. The predicted molar refractivity (Wildman–Crippen MR) is 76.1 cm³/mol. The number of para-hydroxylation sites is 1. The van der Waals surface area contributed by atoms with Gasteiger partial charge in [-0.3, -0.25) is 0 Å². The Labute approximate surface area is 110 Å². The summed E-state index contributed by atoms with van der Waals surface area (Å²) < 4.78 is 5.59. The van der Waals surface area contributed by atoms with Gasteiger partial charge in [0.25, 0.3) is 0 Å². The highest BCUT2D eigenvalue weighted by atomic mass is 16.5. The van der Waals surface area contributed by atoms with Crippen LogP contribution in [0.1, 0.15) is 12.5 Å². The molecule has 100 valence electrons. The van der Waals surface area contributed by atoms with Crippen molar-refractivity contribution in [1.29, 1.82) is 0 Å². The Morgan fingerprint density at radius 1 is 1.11 bits per heavy atom. The van der Waals surface area contributed by atoms with Crippen LogP contribution in [0.3, 0.4) is 0 Å². The van der Waals surface area contributed by atoms with E-state index in [4.69, 9.17) is 4.74 Å². The summed E-state index contributed by atoms with van der Waals surface area (Å²) in [6.45, 7) is 3.29. The van der Waals surface area contributed by atoms with Gasteiger partial charge in [0.15, 0.2) is 5.96 Å². The van der Waals surface area contributed by atoms with Gasteiger partial charge in [-0.15, -0.1) is 0 Å². The molecule has 4 nitrogen and oxygen atoms in total. The van der Waals surface area contributed by atoms with E-state index in [9.17, 15) is 0 Å². The van der Waals surface area contributed by atoms with E-state index in [2.05, 4.69) is 11.1 Å². The minimum absolute atomic E-state index is 0.627. The summed E-state index contributed by atoms with van der Waals surface area (Å²) in [6.07, 6.45) is 0. The third-order valence-electron chi connectivity index (χ3n) is 2.46. The maximum Gasteiger partial charge on any atom is 0.195 e. The summed E-state index contributed by atoms with van der Waals surface area (Å²) >= 11 is 0. The Bertz CT molecular complexity index is 390. The van der Waals surface area contributed by atoms with Crippen molar-refractivity contribution in [2.24, 2.45) is 4.99 Å². The normalized spacial score (nSPS) is 9.83. The van der Waals surface area contributed by atoms with Crippen LogP contribution in [0.15, 0.2) is 29.3 Å². The Hall–Kier alpha value is -1.71. The molecule has 0 spiro atoms. The topological polar surface area (TPSA) is 28.1 Å². The molecule has 0 saturated heterocycles. The summed E-state index contributed by atoms with van der Waals surface area (Å²) in [7, 11) is 7.97. The molecule has 1 rings (SSSR count). The summed E-state index contributed by atoms with van der Waals surface area (Å²) in [5, 5.41) is 0. The van der Waals surface area contributed by atoms with E-state index in [0.29, 0.717) is 13.2 Å². The summed E-state index contributed by atoms with van der Waals surface area (Å²) in [5.41, 5.74) is 1.11. The SMILES string of the molecule is CCOc1ccccc1CN=C(N(C)C)N(C)C. The Morgan fingerprint density at radius 2 is 1.72 bits per heavy atom. The Morgan fingerprint density at radius 3 is 2.28 bits per heavy atom. The minimum Gasteiger partial charge on any atom is -0.494 e. The fourth-order valence-electron chi connectivity index (χ4n) is 1.77. The van der Waals surface area contributed by atoms with Gasteiger partial charge in [0.1, 0.15) is 5.75 Å². The summed E-state index contributed by atoms with van der Waals surface area (Å²) in [5.74, 6) is 1.86. The molecule has 1 aromatic carbocycles. The van der Waals surface area contributed by atoms with Crippen LogP contribution in [0.5, 0.6) is 5.75 Å². The van der Waals surface area contributed by atoms with Crippen molar-refractivity contribution in [3.8, 4) is 5.75 Å². The molecule has 0 saturated carbocycles. The first kappa shape index (κ1) is 14.4. The van der Waals surface area contributed by atoms with Gasteiger partial charge >= 0.3 is 0 Å². The molecule has 0 aromatic heterocycles. The van der Waals surface area contributed by atoms with E-state index in [1.54, 1.807) is 0 Å². The van der Waals surface area contributed by atoms with Gasteiger partial charge in [0, 0.05) is 33.8 Å². The first-order valence-corrected chi connectivity index (χ1v) is 6.16. The molecule has 18 heavy (non-hydrogen) atoms. The number of hydrogen-bond donors (Lipinski definition) is 0. The van der Waals surface area contributed by atoms with Gasteiger partial charge in [-0.1, -0.05) is 18.2 Å². The summed E-state index contributed by atoms with van der Waals surface area (Å²) in [6, 6.07) is 8.03. The van der Waals surface area contributed by atoms with Crippen molar-refractivity contribution in [1.82, 2.24) is 9.80 Å². The molecule has 0 fully saturated rings. The fraction of sp³-hybridized carbons (Fsp3) is 0.500. The van der Waals surface area contributed by atoms with Gasteiger partial charge in [-0.2, -0.15) is 0 Å². The Kier molecular flexibility index (Phi) is 5.49. The molecule has 0 aliphatic rings. The monoisotopic (exact) mass is 249 g/mol. The Balaban J connectivity index is 2.87. The zero-order valence-electron chi connectivity index (χ0n) is 12.0. The van der Waals surface area contributed by atoms with E-state index in [0.717, 1.165) is 17.3 Å². The van der Waals surface area contributed by atoms with Crippen LogP contribution in [-0.4, -0.2) is 50.6 Å². The highest BCUT2D eigenvalue weighted by molar-refractivity contribution is 5.79. The van der Waals surface area contributed by atoms with Crippen LogP contribution in [0.2, 0.25) is 0 Å². The van der Waals surface area contributed by atoms with Crippen LogP contribution in [0.4, 0.5) is 0 Å². The first-order chi connectivity index (χ1) is 8.56. The smallest absolute Gasteiger partial charge is 0.195 e. The molecule has 0 heterocycles. The van der Waals surface area contributed by atoms with Crippen molar-refractivity contribution in [3.05, 3.63) is 29.8 Å². The molecule has 0 radical (unpaired) electrons. The average Bonchev–Trinajstić information content (AvgIpc) is 2.31. The van der Waals surface area contributed by atoms with E-state index in [1.165, 1.54) is 0 Å². The lowest BCUT2D eigenvalue weighted by molar-refractivity contribution is 0.336. The number of benzene rings is 1. The van der Waals surface area contributed by atoms with Gasteiger partial charge in [-0.25, -0.2) is 4.99 Å². The largest absolute Gasteiger partial charge is 0.494 e. The molecule has 0 amide bonds. The van der Waals surface area contributed by atoms with E-state index >= 15 is 0 Å². The van der Waals surface area contributed by atoms with Crippen LogP contribution in [0, 0.1) is 0 Å². The zero-order valence-corrected chi connectivity index (χ0v) is 12.0. The lowest BCUT2D eigenvalue weighted by Gasteiger charge is -2.22. The average molecular weight is 249 g/mol.